The van der Waals surface area contributed by atoms with Crippen LogP contribution in [0.4, 0.5) is 16.4 Å². The first-order valence-corrected chi connectivity index (χ1v) is 10.4. The Balaban J connectivity index is 1.68. The topological polar surface area (TPSA) is 154 Å². The van der Waals surface area contributed by atoms with E-state index in [9.17, 15) is 24.5 Å². The number of hydrogen-bond donors (Lipinski definition) is 3. The second kappa shape index (κ2) is 9.13. The van der Waals surface area contributed by atoms with Gasteiger partial charge in [0.05, 0.1) is 16.1 Å². The van der Waals surface area contributed by atoms with Crippen LogP contribution in [0.15, 0.2) is 18.2 Å². The number of thiophene rings is 1. The molecule has 10 nitrogen and oxygen atoms in total. The molecule has 0 radical (unpaired) electrons. The van der Waals surface area contributed by atoms with Crippen molar-refractivity contribution in [1.29, 1.82) is 0 Å². The smallest absolute Gasteiger partial charge is 0.338 e. The summed E-state index contributed by atoms with van der Waals surface area (Å²) in [7, 11) is 1.52. The second-order valence-corrected chi connectivity index (χ2v) is 8.39. The van der Waals surface area contributed by atoms with Crippen LogP contribution in [0.1, 0.15) is 44.5 Å². The third-order valence-electron chi connectivity index (χ3n) is 5.04. The number of fused-ring (bicyclic) bond motifs is 1. The van der Waals surface area contributed by atoms with E-state index in [1.54, 1.807) is 0 Å². The molecule has 2 aromatic rings. The minimum absolute atomic E-state index is 0.0584. The van der Waals surface area contributed by atoms with Crippen molar-refractivity contribution >= 4 is 45.5 Å². The van der Waals surface area contributed by atoms with Crippen molar-refractivity contribution in [3.63, 3.8) is 0 Å². The SMILES string of the molecule is CNc1ccc(C(=O)OCC(=O)Nc2sc3c(c2C(N)=O)CC[C@H](C)C3)cc1[N+](=O)[O-]. The molecule has 2 amide bonds. The number of nitrogens with one attached hydrogen (secondary N) is 2. The van der Waals surface area contributed by atoms with Crippen molar-refractivity contribution in [3.8, 4) is 0 Å². The maximum absolute atomic E-state index is 12.3. The molecular weight excluding hydrogens is 424 g/mol. The van der Waals surface area contributed by atoms with Gasteiger partial charge in [-0.25, -0.2) is 4.79 Å². The lowest BCUT2D eigenvalue weighted by atomic mass is 9.88. The summed E-state index contributed by atoms with van der Waals surface area (Å²) in [5.41, 5.74) is 6.61. The number of amides is 2. The third-order valence-corrected chi connectivity index (χ3v) is 6.21. The van der Waals surface area contributed by atoms with E-state index in [1.807, 2.05) is 0 Å². The van der Waals surface area contributed by atoms with Crippen molar-refractivity contribution in [2.45, 2.75) is 26.2 Å². The van der Waals surface area contributed by atoms with Gasteiger partial charge in [0.2, 0.25) is 0 Å². The zero-order valence-electron chi connectivity index (χ0n) is 17.0. The molecule has 164 valence electrons. The van der Waals surface area contributed by atoms with Gasteiger partial charge < -0.3 is 21.1 Å². The van der Waals surface area contributed by atoms with Crippen molar-refractivity contribution < 1.29 is 24.0 Å². The molecule has 1 aliphatic rings. The standard InChI is InChI=1S/C20H22N4O6S/c1-10-3-5-12-15(7-10)31-19(17(12)18(21)26)23-16(25)9-30-20(27)11-4-6-13(22-2)14(8-11)24(28)29/h4,6,8,10,22H,3,5,7,9H2,1-2H3,(H2,21,26)(H,23,25)/t10-/m0/s1. The Morgan fingerprint density at radius 1 is 1.35 bits per heavy atom. The molecule has 0 aliphatic heterocycles. The van der Waals surface area contributed by atoms with E-state index >= 15 is 0 Å². The van der Waals surface area contributed by atoms with Crippen LogP contribution < -0.4 is 16.4 Å². The number of rotatable bonds is 7. The van der Waals surface area contributed by atoms with Gasteiger partial charge in [0.1, 0.15) is 10.7 Å². The van der Waals surface area contributed by atoms with E-state index in [4.69, 9.17) is 10.5 Å². The Morgan fingerprint density at radius 3 is 2.74 bits per heavy atom. The fourth-order valence-corrected chi connectivity index (χ4v) is 4.93. The van der Waals surface area contributed by atoms with Crippen LogP contribution in [0.25, 0.3) is 0 Å². The fraction of sp³-hybridized carbons (Fsp3) is 0.350. The number of nitro benzene ring substituents is 1. The molecule has 0 saturated heterocycles. The maximum Gasteiger partial charge on any atom is 0.338 e. The zero-order chi connectivity index (χ0) is 22.7. The Hall–Kier alpha value is -3.47. The van der Waals surface area contributed by atoms with Gasteiger partial charge in [-0.05, 0) is 42.9 Å². The number of nitrogens with two attached hydrogens (primary N) is 1. The summed E-state index contributed by atoms with van der Waals surface area (Å²) >= 11 is 1.31. The van der Waals surface area contributed by atoms with Gasteiger partial charge in [-0.15, -0.1) is 11.3 Å². The van der Waals surface area contributed by atoms with E-state index < -0.39 is 29.3 Å². The molecule has 0 spiro atoms. The number of nitro groups is 1. The summed E-state index contributed by atoms with van der Waals surface area (Å²) in [5.74, 6) is -1.65. The molecular formula is C20H22N4O6S. The Kier molecular flexibility index (Phi) is 6.54. The molecule has 0 fully saturated rings. The fourth-order valence-electron chi connectivity index (χ4n) is 3.50. The van der Waals surface area contributed by atoms with Gasteiger partial charge >= 0.3 is 5.97 Å². The molecule has 0 bridgehead atoms. The van der Waals surface area contributed by atoms with Crippen LogP contribution in [0.3, 0.4) is 0 Å². The highest BCUT2D eigenvalue weighted by Crippen LogP contribution is 2.39. The average molecular weight is 446 g/mol. The number of benzene rings is 1. The lowest BCUT2D eigenvalue weighted by molar-refractivity contribution is -0.384. The van der Waals surface area contributed by atoms with Crippen molar-refractivity contribution in [1.82, 2.24) is 0 Å². The molecule has 1 aliphatic carbocycles. The van der Waals surface area contributed by atoms with Crippen LogP contribution >= 0.6 is 11.3 Å². The van der Waals surface area contributed by atoms with Gasteiger partial charge in [-0.3, -0.25) is 19.7 Å². The number of esters is 1. The van der Waals surface area contributed by atoms with Crippen molar-refractivity contribution in [3.05, 3.63) is 49.9 Å². The van der Waals surface area contributed by atoms with E-state index in [-0.39, 0.29) is 16.9 Å². The molecule has 1 aromatic carbocycles. The predicted molar refractivity (Wildman–Crippen MR) is 116 cm³/mol. The van der Waals surface area contributed by atoms with E-state index in [0.29, 0.717) is 16.5 Å². The van der Waals surface area contributed by atoms with Crippen LogP contribution in [0, 0.1) is 16.0 Å². The number of ether oxygens (including phenoxy) is 1. The van der Waals surface area contributed by atoms with Gasteiger partial charge in [-0.2, -0.15) is 0 Å². The van der Waals surface area contributed by atoms with Gasteiger partial charge in [0.15, 0.2) is 6.61 Å². The number of primary amides is 1. The first-order chi connectivity index (χ1) is 14.7. The molecule has 0 saturated carbocycles. The quantitative estimate of drug-likeness (QED) is 0.336. The molecule has 0 unspecified atom stereocenters. The minimum atomic E-state index is -0.879. The number of carbonyl (C=O) groups excluding carboxylic acids is 3. The van der Waals surface area contributed by atoms with Crippen molar-refractivity contribution in [2.24, 2.45) is 11.7 Å². The molecule has 11 heteroatoms. The summed E-state index contributed by atoms with van der Waals surface area (Å²) in [6.45, 7) is 1.51. The number of hydrogen-bond acceptors (Lipinski definition) is 8. The lowest BCUT2D eigenvalue weighted by Gasteiger charge is -2.18. The highest BCUT2D eigenvalue weighted by atomic mass is 32.1. The number of anilines is 2. The normalized spacial score (nSPS) is 15.0. The van der Waals surface area contributed by atoms with Gasteiger partial charge in [0, 0.05) is 18.0 Å². The third kappa shape index (κ3) is 4.82. The number of carbonyl (C=O) groups is 3. The Bertz CT molecular complexity index is 1060. The zero-order valence-corrected chi connectivity index (χ0v) is 17.8. The van der Waals surface area contributed by atoms with Gasteiger partial charge in [-0.1, -0.05) is 6.92 Å². The highest BCUT2D eigenvalue weighted by molar-refractivity contribution is 7.17. The lowest BCUT2D eigenvalue weighted by Crippen LogP contribution is -2.23. The van der Waals surface area contributed by atoms with Crippen LogP contribution in [-0.4, -0.2) is 36.4 Å². The summed E-state index contributed by atoms with van der Waals surface area (Å²) in [5, 5.41) is 16.7. The summed E-state index contributed by atoms with van der Waals surface area (Å²) in [4.78, 5) is 48.0. The molecule has 1 aromatic heterocycles. The van der Waals surface area contributed by atoms with E-state index in [1.165, 1.54) is 30.5 Å². The molecule has 3 rings (SSSR count). The Labute approximate surface area is 181 Å². The first-order valence-electron chi connectivity index (χ1n) is 9.58. The maximum atomic E-state index is 12.3. The first kappa shape index (κ1) is 22.2. The van der Waals surface area contributed by atoms with Crippen LogP contribution in [0.5, 0.6) is 0 Å². The summed E-state index contributed by atoms with van der Waals surface area (Å²) < 4.78 is 4.98. The summed E-state index contributed by atoms with van der Waals surface area (Å²) in [6, 6.07) is 3.82. The summed E-state index contributed by atoms with van der Waals surface area (Å²) in [6.07, 6.45) is 2.47. The van der Waals surface area contributed by atoms with Gasteiger partial charge in [0.25, 0.3) is 17.5 Å². The second-order valence-electron chi connectivity index (χ2n) is 7.28. The highest BCUT2D eigenvalue weighted by Gasteiger charge is 2.27. The van der Waals surface area contributed by atoms with Crippen LogP contribution in [-0.2, 0) is 22.4 Å². The van der Waals surface area contributed by atoms with E-state index in [0.717, 1.165) is 35.8 Å². The van der Waals surface area contributed by atoms with E-state index in [2.05, 4.69) is 17.6 Å². The van der Waals surface area contributed by atoms with Crippen molar-refractivity contribution in [2.75, 3.05) is 24.3 Å². The minimum Gasteiger partial charge on any atom is -0.452 e. The molecule has 1 atom stereocenters. The average Bonchev–Trinajstić information content (AvgIpc) is 3.08. The molecule has 4 N–H and O–H groups in total. The Morgan fingerprint density at radius 2 is 2.10 bits per heavy atom. The number of nitrogens with zero attached hydrogens (tertiary/aromatic N) is 1. The monoisotopic (exact) mass is 446 g/mol. The largest absolute Gasteiger partial charge is 0.452 e. The predicted octanol–water partition coefficient (Wildman–Crippen LogP) is 2.72. The van der Waals surface area contributed by atoms with Crippen LogP contribution in [0.2, 0.25) is 0 Å². The molecule has 1 heterocycles. The molecule has 31 heavy (non-hydrogen) atoms.